The van der Waals surface area contributed by atoms with Gasteiger partial charge in [-0.15, -0.1) is 0 Å². The fourth-order valence-electron chi connectivity index (χ4n) is 2.56. The quantitative estimate of drug-likeness (QED) is 0.865. The molecule has 1 N–H and O–H groups in total. The normalized spacial score (nSPS) is 14.4. The van der Waals surface area contributed by atoms with Crippen molar-refractivity contribution >= 4 is 35.3 Å². The molecule has 1 aliphatic rings. The summed E-state index contributed by atoms with van der Waals surface area (Å²) in [5.41, 5.74) is 1.96. The van der Waals surface area contributed by atoms with Crippen LogP contribution in [0, 0.1) is 0 Å². The van der Waals surface area contributed by atoms with Crippen molar-refractivity contribution in [3.63, 3.8) is 0 Å². The molecule has 1 aromatic carbocycles. The van der Waals surface area contributed by atoms with Gasteiger partial charge >= 0.3 is 0 Å². The van der Waals surface area contributed by atoms with Crippen molar-refractivity contribution in [1.82, 2.24) is 14.8 Å². The van der Waals surface area contributed by atoms with Gasteiger partial charge < -0.3 is 15.1 Å². The minimum Gasteiger partial charge on any atom is -0.353 e. The molecule has 7 heteroatoms. The molecule has 24 heavy (non-hydrogen) atoms. The number of hydrogen-bond acceptors (Lipinski definition) is 4. The zero-order valence-corrected chi connectivity index (χ0v) is 13.7. The maximum absolute atomic E-state index is 12.6. The summed E-state index contributed by atoms with van der Waals surface area (Å²) >= 11 is 6.13. The Morgan fingerprint density at radius 2 is 1.92 bits per heavy atom. The van der Waals surface area contributed by atoms with E-state index < -0.39 is 0 Å². The number of para-hydroxylation sites is 1. The third-order valence-corrected chi connectivity index (χ3v) is 4.22. The number of anilines is 2. The summed E-state index contributed by atoms with van der Waals surface area (Å²) in [7, 11) is 0. The second kappa shape index (κ2) is 7.31. The van der Waals surface area contributed by atoms with Crippen LogP contribution >= 0.6 is 11.6 Å². The lowest BCUT2D eigenvalue weighted by molar-refractivity contribution is -0.119. The fourth-order valence-corrected chi connectivity index (χ4v) is 2.74. The van der Waals surface area contributed by atoms with E-state index in [1.54, 1.807) is 34.3 Å². The van der Waals surface area contributed by atoms with E-state index in [2.05, 4.69) is 10.3 Å². The minimum atomic E-state index is -0.0872. The highest BCUT2D eigenvalue weighted by Crippen LogP contribution is 2.25. The first-order valence-electron chi connectivity index (χ1n) is 7.62. The van der Waals surface area contributed by atoms with Crippen LogP contribution in [-0.4, -0.2) is 53.3 Å². The lowest BCUT2D eigenvalue weighted by atomic mass is 10.2. The Hall–Kier alpha value is -2.60. The van der Waals surface area contributed by atoms with Crippen LogP contribution in [0.15, 0.2) is 42.7 Å². The van der Waals surface area contributed by atoms with Crippen molar-refractivity contribution in [3.05, 3.63) is 53.3 Å². The maximum Gasteiger partial charge on any atom is 0.255 e. The van der Waals surface area contributed by atoms with E-state index >= 15 is 0 Å². The number of amides is 2. The van der Waals surface area contributed by atoms with Gasteiger partial charge in [-0.1, -0.05) is 23.7 Å². The third kappa shape index (κ3) is 3.65. The molecule has 0 aliphatic carbocycles. The minimum absolute atomic E-state index is 0.0872. The predicted octanol–water partition coefficient (Wildman–Crippen LogP) is 2.39. The van der Waals surface area contributed by atoms with E-state index in [9.17, 15) is 9.59 Å². The second-order valence-electron chi connectivity index (χ2n) is 5.50. The number of benzene rings is 1. The summed E-state index contributed by atoms with van der Waals surface area (Å²) in [5.74, 6) is -0.0872. The van der Waals surface area contributed by atoms with Crippen LogP contribution in [0.2, 0.25) is 5.02 Å². The molecule has 0 atom stereocenters. The summed E-state index contributed by atoms with van der Waals surface area (Å²) in [5, 5.41) is 3.76. The maximum atomic E-state index is 12.6. The molecule has 0 saturated carbocycles. The summed E-state index contributed by atoms with van der Waals surface area (Å²) in [6, 6.07) is 9.13. The fraction of sp³-hybridized carbons (Fsp3) is 0.235. The number of carbonyl (C=O) groups is 2. The highest BCUT2D eigenvalue weighted by Gasteiger charge is 2.21. The van der Waals surface area contributed by atoms with E-state index in [1.165, 1.54) is 0 Å². The molecule has 0 bridgehead atoms. The molecule has 1 fully saturated rings. The molecule has 0 spiro atoms. The van der Waals surface area contributed by atoms with Crippen LogP contribution in [0.4, 0.5) is 11.4 Å². The van der Waals surface area contributed by atoms with E-state index in [-0.39, 0.29) is 5.91 Å². The van der Waals surface area contributed by atoms with Crippen molar-refractivity contribution in [2.45, 2.75) is 0 Å². The molecule has 1 saturated heterocycles. The Morgan fingerprint density at radius 3 is 2.62 bits per heavy atom. The summed E-state index contributed by atoms with van der Waals surface area (Å²) < 4.78 is 0. The largest absolute Gasteiger partial charge is 0.353 e. The first-order chi connectivity index (χ1) is 11.7. The number of carbonyl (C=O) groups excluding carboxylic acids is 2. The molecule has 2 amide bonds. The van der Waals surface area contributed by atoms with Crippen molar-refractivity contribution in [1.29, 1.82) is 0 Å². The summed E-state index contributed by atoms with van der Waals surface area (Å²) in [4.78, 5) is 30.9. The van der Waals surface area contributed by atoms with Crippen LogP contribution in [0.1, 0.15) is 10.4 Å². The van der Waals surface area contributed by atoms with Crippen molar-refractivity contribution in [2.75, 3.05) is 31.5 Å². The molecule has 1 aliphatic heterocycles. The first-order valence-corrected chi connectivity index (χ1v) is 8.00. The van der Waals surface area contributed by atoms with Gasteiger partial charge in [-0.2, -0.15) is 0 Å². The van der Waals surface area contributed by atoms with Gasteiger partial charge in [-0.3, -0.25) is 14.6 Å². The van der Waals surface area contributed by atoms with Crippen LogP contribution < -0.4 is 5.32 Å². The topological polar surface area (TPSA) is 65.5 Å². The Kier molecular flexibility index (Phi) is 4.96. The highest BCUT2D eigenvalue weighted by molar-refractivity contribution is 6.33. The van der Waals surface area contributed by atoms with Gasteiger partial charge in [0.25, 0.3) is 5.91 Å². The van der Waals surface area contributed by atoms with Crippen molar-refractivity contribution in [3.8, 4) is 0 Å². The van der Waals surface area contributed by atoms with Crippen LogP contribution in [0.25, 0.3) is 0 Å². The number of nitrogens with zero attached hydrogens (tertiary/aromatic N) is 3. The zero-order chi connectivity index (χ0) is 16.9. The van der Waals surface area contributed by atoms with Gasteiger partial charge in [0.15, 0.2) is 0 Å². The Morgan fingerprint density at radius 1 is 1.17 bits per heavy atom. The van der Waals surface area contributed by atoms with E-state index in [0.29, 0.717) is 42.5 Å². The second-order valence-corrected chi connectivity index (χ2v) is 5.91. The number of pyridine rings is 1. The average molecular weight is 345 g/mol. The molecule has 3 rings (SSSR count). The Bertz CT molecular complexity index is 745. The monoisotopic (exact) mass is 344 g/mol. The van der Waals surface area contributed by atoms with Gasteiger partial charge in [0.1, 0.15) is 0 Å². The van der Waals surface area contributed by atoms with Crippen molar-refractivity contribution < 1.29 is 9.59 Å². The lowest BCUT2D eigenvalue weighted by Gasteiger charge is -2.32. The molecular weight excluding hydrogens is 328 g/mol. The Balaban J connectivity index is 1.72. The number of nitrogens with one attached hydrogen (secondary N) is 1. The van der Waals surface area contributed by atoms with Crippen LogP contribution in [0.5, 0.6) is 0 Å². The Labute approximate surface area is 145 Å². The van der Waals surface area contributed by atoms with E-state index in [4.69, 9.17) is 11.6 Å². The predicted molar refractivity (Wildman–Crippen MR) is 92.5 cm³/mol. The highest BCUT2D eigenvalue weighted by atomic mass is 35.5. The number of hydrogen-bond donors (Lipinski definition) is 1. The molecule has 2 aromatic rings. The molecular formula is C17H17ClN4O2. The average Bonchev–Trinajstić information content (AvgIpc) is 2.63. The smallest absolute Gasteiger partial charge is 0.255 e. The molecule has 6 nitrogen and oxygen atoms in total. The molecule has 124 valence electrons. The number of piperazine rings is 1. The standard InChI is InChI=1S/C17H17ClN4O2/c18-15-3-1-2-4-16(15)20-14-9-13(10-19-11-14)17(24)22-7-5-21(12-23)6-8-22/h1-4,9-12,20H,5-8H2. The van der Waals surface area contributed by atoms with E-state index in [0.717, 1.165) is 12.1 Å². The van der Waals surface area contributed by atoms with E-state index in [1.807, 2.05) is 18.2 Å². The number of rotatable bonds is 4. The van der Waals surface area contributed by atoms with Gasteiger partial charge in [-0.05, 0) is 18.2 Å². The third-order valence-electron chi connectivity index (χ3n) is 3.89. The first kappa shape index (κ1) is 16.3. The van der Waals surface area contributed by atoms with Gasteiger partial charge in [-0.25, -0.2) is 0 Å². The van der Waals surface area contributed by atoms with Crippen molar-refractivity contribution in [2.24, 2.45) is 0 Å². The van der Waals surface area contributed by atoms with Gasteiger partial charge in [0.05, 0.1) is 28.2 Å². The lowest BCUT2D eigenvalue weighted by Crippen LogP contribution is -2.48. The van der Waals surface area contributed by atoms with Gasteiger partial charge in [0.2, 0.25) is 6.41 Å². The summed E-state index contributed by atoms with van der Waals surface area (Å²) in [6.45, 7) is 2.17. The van der Waals surface area contributed by atoms with Gasteiger partial charge in [0, 0.05) is 32.4 Å². The summed E-state index contributed by atoms with van der Waals surface area (Å²) in [6.07, 6.45) is 4.01. The molecule has 0 unspecified atom stereocenters. The molecule has 0 radical (unpaired) electrons. The molecule has 1 aromatic heterocycles. The molecule has 2 heterocycles. The SMILES string of the molecule is O=CN1CCN(C(=O)c2cncc(Nc3ccccc3Cl)c2)CC1. The number of aromatic nitrogens is 1. The number of halogens is 1. The van der Waals surface area contributed by atoms with Crippen LogP contribution in [0.3, 0.4) is 0 Å². The zero-order valence-electron chi connectivity index (χ0n) is 13.0. The van der Waals surface area contributed by atoms with Crippen LogP contribution in [-0.2, 0) is 4.79 Å².